The number of aromatic nitrogens is 1. The number of fused-ring (bicyclic) bond motifs is 2. The number of hydrogen-bond donors (Lipinski definition) is 2. The topological polar surface area (TPSA) is 101 Å². The molecule has 0 saturated heterocycles. The Bertz CT molecular complexity index is 1800. The first-order chi connectivity index (χ1) is 20.8. The van der Waals surface area contributed by atoms with Gasteiger partial charge in [-0.2, -0.15) is 0 Å². The van der Waals surface area contributed by atoms with Gasteiger partial charge in [0, 0.05) is 38.5 Å². The van der Waals surface area contributed by atoms with Crippen molar-refractivity contribution in [2.45, 2.75) is 32.4 Å². The van der Waals surface area contributed by atoms with E-state index in [1.54, 1.807) is 91.4 Å². The number of hydrogen-bond acceptors (Lipinski definition) is 7. The number of halogens is 1. The van der Waals surface area contributed by atoms with E-state index in [0.29, 0.717) is 49.9 Å². The highest BCUT2D eigenvalue weighted by molar-refractivity contribution is 6.30. The van der Waals surface area contributed by atoms with Gasteiger partial charge in [-0.1, -0.05) is 48.0 Å². The van der Waals surface area contributed by atoms with Gasteiger partial charge < -0.3 is 24.6 Å². The van der Waals surface area contributed by atoms with Crippen LogP contribution in [-0.4, -0.2) is 33.8 Å². The van der Waals surface area contributed by atoms with Crippen LogP contribution in [0.2, 0.25) is 5.02 Å². The van der Waals surface area contributed by atoms with Gasteiger partial charge in [-0.25, -0.2) is 0 Å². The highest BCUT2D eigenvalue weighted by Crippen LogP contribution is 2.42. The van der Waals surface area contributed by atoms with Crippen LogP contribution in [0.5, 0.6) is 5.75 Å². The predicted octanol–water partition coefficient (Wildman–Crippen LogP) is 6.09. The number of aliphatic hydroxyl groups is 2. The van der Waals surface area contributed by atoms with Crippen LogP contribution in [-0.2, 0) is 22.6 Å². The zero-order valence-corrected chi connectivity index (χ0v) is 24.3. The summed E-state index contributed by atoms with van der Waals surface area (Å²) in [5.74, 6) is -0.0798. The Kier molecular flexibility index (Phi) is 7.66. The largest absolute Gasteiger partial charge is 0.497 e. The number of anilines is 1. The fourth-order valence-corrected chi connectivity index (χ4v) is 5.74. The highest BCUT2D eigenvalue weighted by Gasteiger charge is 2.36. The smallest absolute Gasteiger partial charge is 0.310 e. The molecule has 2 heterocycles. The van der Waals surface area contributed by atoms with E-state index in [-0.39, 0.29) is 18.9 Å². The Morgan fingerprint density at radius 1 is 0.884 bits per heavy atom. The lowest BCUT2D eigenvalue weighted by atomic mass is 10.1. The Morgan fingerprint density at radius 2 is 1.53 bits per heavy atom. The number of esters is 1. The first-order valence-electron chi connectivity index (χ1n) is 13.7. The molecule has 218 valence electrons. The SMILES string of the molecule is COc1ccc2c(c1)c(CC(=O)OCc1ccc(N3C(O)c4ccccc4C3O)cc1)c(C)n2C(=O)c1ccc(Cl)cc1. The van der Waals surface area contributed by atoms with Gasteiger partial charge in [-0.05, 0) is 72.6 Å². The molecule has 5 aromatic rings. The maximum atomic E-state index is 13.5. The second-order valence-electron chi connectivity index (χ2n) is 10.4. The van der Waals surface area contributed by atoms with Crippen LogP contribution < -0.4 is 9.64 Å². The van der Waals surface area contributed by atoms with Gasteiger partial charge in [0.05, 0.1) is 19.0 Å². The van der Waals surface area contributed by atoms with Crippen LogP contribution in [0.3, 0.4) is 0 Å². The number of aliphatic hydroxyl groups excluding tert-OH is 2. The molecule has 2 N–H and O–H groups in total. The number of methoxy groups -OCH3 is 1. The summed E-state index contributed by atoms with van der Waals surface area (Å²) in [6.07, 6.45) is -1.98. The van der Waals surface area contributed by atoms with Crippen molar-refractivity contribution < 1.29 is 29.3 Å². The molecule has 1 aromatic heterocycles. The number of carbonyl (C=O) groups is 2. The molecule has 0 spiro atoms. The van der Waals surface area contributed by atoms with Crippen LogP contribution in [0.25, 0.3) is 10.9 Å². The van der Waals surface area contributed by atoms with E-state index in [1.165, 1.54) is 4.90 Å². The van der Waals surface area contributed by atoms with E-state index in [2.05, 4.69) is 0 Å². The van der Waals surface area contributed by atoms with Crippen LogP contribution in [0.4, 0.5) is 5.69 Å². The highest BCUT2D eigenvalue weighted by atomic mass is 35.5. The van der Waals surface area contributed by atoms with Gasteiger partial charge in [0.1, 0.15) is 12.4 Å². The zero-order chi connectivity index (χ0) is 30.2. The van der Waals surface area contributed by atoms with Crippen molar-refractivity contribution in [2.75, 3.05) is 12.0 Å². The number of rotatable bonds is 7. The van der Waals surface area contributed by atoms with Crippen LogP contribution in [0.1, 0.15) is 50.8 Å². The van der Waals surface area contributed by atoms with E-state index in [1.807, 2.05) is 18.2 Å². The second-order valence-corrected chi connectivity index (χ2v) is 10.8. The van der Waals surface area contributed by atoms with Gasteiger partial charge in [-0.15, -0.1) is 0 Å². The van der Waals surface area contributed by atoms with Crippen molar-refractivity contribution in [3.8, 4) is 5.75 Å². The molecule has 6 rings (SSSR count). The summed E-state index contributed by atoms with van der Waals surface area (Å²) >= 11 is 6.02. The number of nitrogens with zero attached hydrogens (tertiary/aromatic N) is 2. The number of carbonyl (C=O) groups excluding carboxylic acids is 2. The number of ether oxygens (including phenoxy) is 2. The summed E-state index contributed by atoms with van der Waals surface area (Å²) in [7, 11) is 1.56. The van der Waals surface area contributed by atoms with E-state index < -0.39 is 18.4 Å². The first kappa shape index (κ1) is 28.5. The van der Waals surface area contributed by atoms with Gasteiger partial charge >= 0.3 is 5.97 Å². The molecule has 0 saturated carbocycles. The lowest BCUT2D eigenvalue weighted by Gasteiger charge is -2.26. The molecule has 43 heavy (non-hydrogen) atoms. The normalized spacial score (nSPS) is 15.9. The zero-order valence-electron chi connectivity index (χ0n) is 23.5. The van der Waals surface area contributed by atoms with E-state index in [0.717, 1.165) is 10.9 Å². The lowest BCUT2D eigenvalue weighted by Crippen LogP contribution is -2.25. The minimum absolute atomic E-state index is 0.0369. The summed E-state index contributed by atoms with van der Waals surface area (Å²) < 4.78 is 12.6. The quantitative estimate of drug-likeness (QED) is 0.219. The standard InChI is InChI=1S/C34H29ClN2O6/c1-20-28(29-17-25(42-2)15-16-30(29)36(20)32(39)22-9-11-23(35)12-10-22)18-31(38)43-19-21-7-13-24(14-8-21)37-33(40)26-5-3-4-6-27(26)34(37)41/h3-17,33-34,40-41H,18-19H2,1-2H3. The lowest BCUT2D eigenvalue weighted by molar-refractivity contribution is -0.144. The van der Waals surface area contributed by atoms with Crippen molar-refractivity contribution in [1.29, 1.82) is 0 Å². The van der Waals surface area contributed by atoms with Crippen molar-refractivity contribution >= 4 is 40.1 Å². The molecule has 2 unspecified atom stereocenters. The van der Waals surface area contributed by atoms with Gasteiger partial charge in [0.15, 0.2) is 12.5 Å². The Balaban J connectivity index is 1.19. The van der Waals surface area contributed by atoms with Crippen molar-refractivity contribution in [2.24, 2.45) is 0 Å². The molecular formula is C34H29ClN2O6. The monoisotopic (exact) mass is 596 g/mol. The minimum atomic E-state index is -0.967. The molecule has 0 bridgehead atoms. The van der Waals surface area contributed by atoms with Crippen molar-refractivity contribution in [3.63, 3.8) is 0 Å². The summed E-state index contributed by atoms with van der Waals surface area (Å²) in [6.45, 7) is 1.84. The van der Waals surface area contributed by atoms with E-state index in [4.69, 9.17) is 21.1 Å². The third kappa shape index (κ3) is 5.25. The summed E-state index contributed by atoms with van der Waals surface area (Å²) in [4.78, 5) is 28.1. The minimum Gasteiger partial charge on any atom is -0.497 e. The fraction of sp³-hybridized carbons (Fsp3) is 0.176. The molecule has 8 nitrogen and oxygen atoms in total. The molecule has 0 fully saturated rings. The van der Waals surface area contributed by atoms with E-state index in [9.17, 15) is 19.8 Å². The van der Waals surface area contributed by atoms with Gasteiger partial charge in [0.2, 0.25) is 0 Å². The average Bonchev–Trinajstić information content (AvgIpc) is 3.44. The average molecular weight is 597 g/mol. The Morgan fingerprint density at radius 3 is 2.16 bits per heavy atom. The van der Waals surface area contributed by atoms with Gasteiger partial charge in [0.25, 0.3) is 5.91 Å². The summed E-state index contributed by atoms with van der Waals surface area (Å²) in [5, 5.41) is 22.8. The van der Waals surface area contributed by atoms with Crippen molar-refractivity contribution in [1.82, 2.24) is 4.57 Å². The maximum absolute atomic E-state index is 13.5. The molecule has 9 heteroatoms. The van der Waals surface area contributed by atoms with Crippen LogP contribution >= 0.6 is 11.6 Å². The molecule has 0 radical (unpaired) electrons. The number of benzene rings is 4. The van der Waals surface area contributed by atoms with Crippen molar-refractivity contribution in [3.05, 3.63) is 130 Å². The summed E-state index contributed by atoms with van der Waals surface area (Å²) in [5.41, 5.74) is 5.14. The molecule has 4 aromatic carbocycles. The van der Waals surface area contributed by atoms with Gasteiger partial charge in [-0.3, -0.25) is 14.2 Å². The molecule has 1 aliphatic heterocycles. The maximum Gasteiger partial charge on any atom is 0.310 e. The first-order valence-corrected chi connectivity index (χ1v) is 14.1. The molecular weight excluding hydrogens is 568 g/mol. The molecule has 0 amide bonds. The Labute approximate surface area is 253 Å². The van der Waals surface area contributed by atoms with Crippen LogP contribution in [0, 0.1) is 6.92 Å². The van der Waals surface area contributed by atoms with E-state index >= 15 is 0 Å². The fourth-order valence-electron chi connectivity index (χ4n) is 5.62. The molecule has 2 atom stereocenters. The third-order valence-electron chi connectivity index (χ3n) is 7.87. The molecule has 1 aliphatic rings. The second kappa shape index (κ2) is 11.6. The summed E-state index contributed by atoms with van der Waals surface area (Å²) in [6, 6.07) is 26.4. The molecule has 0 aliphatic carbocycles. The third-order valence-corrected chi connectivity index (χ3v) is 8.12. The Hall–Kier alpha value is -4.63. The predicted molar refractivity (Wildman–Crippen MR) is 163 cm³/mol. The van der Waals surface area contributed by atoms with Crippen LogP contribution in [0.15, 0.2) is 91.0 Å².